The molecule has 1 aromatic carbocycles. The molecule has 0 aliphatic rings. The Kier molecular flexibility index (Phi) is 21.5. The maximum absolute atomic E-state index is 12.5. The number of esters is 1. The predicted octanol–water partition coefficient (Wildman–Crippen LogP) is 8.80. The van der Waals surface area contributed by atoms with Crippen LogP contribution in [0.3, 0.4) is 0 Å². The van der Waals surface area contributed by atoms with Gasteiger partial charge in [0.25, 0.3) is 0 Å². The van der Waals surface area contributed by atoms with Crippen molar-refractivity contribution in [1.29, 1.82) is 0 Å². The molecule has 0 amide bonds. The smallest absolute Gasteiger partial charge is 0.306 e. The van der Waals surface area contributed by atoms with Crippen LogP contribution in [-0.2, 0) is 9.53 Å². The molecule has 5 heteroatoms. The highest BCUT2D eigenvalue weighted by molar-refractivity contribution is 5.69. The highest BCUT2D eigenvalue weighted by Gasteiger charge is 2.17. The van der Waals surface area contributed by atoms with E-state index in [4.69, 9.17) is 14.2 Å². The van der Waals surface area contributed by atoms with Gasteiger partial charge in [-0.25, -0.2) is 0 Å². The van der Waals surface area contributed by atoms with Crippen molar-refractivity contribution in [1.82, 2.24) is 5.32 Å². The largest absolute Gasteiger partial charge is 0.486 e. The number of ether oxygens (including phenoxy) is 3. The second kappa shape index (κ2) is 24.1. The zero-order chi connectivity index (χ0) is 27.7. The molecule has 1 atom stereocenters. The number of hydrogen-bond donors (Lipinski definition) is 1. The van der Waals surface area contributed by atoms with E-state index in [1.807, 2.05) is 24.3 Å². The molecular formula is C33H57NO4. The molecule has 1 unspecified atom stereocenters. The predicted molar refractivity (Wildman–Crippen MR) is 160 cm³/mol. The van der Waals surface area contributed by atoms with Gasteiger partial charge in [0.2, 0.25) is 0 Å². The first-order valence-electron chi connectivity index (χ1n) is 15.4. The molecule has 0 saturated heterocycles. The number of rotatable bonds is 26. The van der Waals surface area contributed by atoms with Gasteiger partial charge < -0.3 is 19.5 Å². The van der Waals surface area contributed by atoms with E-state index in [0.717, 1.165) is 12.8 Å². The molecule has 0 heterocycles. The number of carbonyl (C=O) groups excluding carboxylic acids is 1. The molecule has 38 heavy (non-hydrogen) atoms. The molecule has 5 nitrogen and oxygen atoms in total. The standard InChI is InChI=1S/C33H57NO4/c1-5-7-8-9-10-11-12-13-14-15-16-17-18-19-20-25-33(35)38-30(27-34-29(3)4)28-37-32-24-22-21-23-31(32)36-26-6-2/h6,21-24,29-30,34H,2,5,7-20,25-28H2,1,3-4H3. The third-order valence-corrected chi connectivity index (χ3v) is 6.67. The Morgan fingerprint density at radius 1 is 0.816 bits per heavy atom. The number of benzene rings is 1. The number of unbranched alkanes of at least 4 members (excludes halogenated alkanes) is 14. The fourth-order valence-corrected chi connectivity index (χ4v) is 4.41. The molecule has 218 valence electrons. The molecule has 0 fully saturated rings. The van der Waals surface area contributed by atoms with Gasteiger partial charge in [0, 0.05) is 19.0 Å². The number of carbonyl (C=O) groups is 1. The lowest BCUT2D eigenvalue weighted by atomic mass is 10.0. The third-order valence-electron chi connectivity index (χ3n) is 6.67. The summed E-state index contributed by atoms with van der Waals surface area (Å²) in [5.41, 5.74) is 0. The Labute approximate surface area is 234 Å². The molecule has 0 aliphatic heterocycles. The van der Waals surface area contributed by atoms with E-state index in [1.165, 1.54) is 83.5 Å². The zero-order valence-electron chi connectivity index (χ0n) is 24.8. The van der Waals surface area contributed by atoms with Crippen LogP contribution in [0.15, 0.2) is 36.9 Å². The lowest BCUT2D eigenvalue weighted by Crippen LogP contribution is -2.38. The van der Waals surface area contributed by atoms with Crippen LogP contribution >= 0.6 is 0 Å². The fraction of sp³-hybridized carbons (Fsp3) is 0.727. The van der Waals surface area contributed by atoms with Gasteiger partial charge in [0.15, 0.2) is 11.5 Å². The van der Waals surface area contributed by atoms with E-state index in [2.05, 4.69) is 32.7 Å². The molecule has 0 aromatic heterocycles. The average molecular weight is 532 g/mol. The molecule has 0 saturated carbocycles. The van der Waals surface area contributed by atoms with Gasteiger partial charge in [-0.3, -0.25) is 4.79 Å². The normalized spacial score (nSPS) is 11.9. The minimum atomic E-state index is -0.353. The first-order valence-corrected chi connectivity index (χ1v) is 15.4. The number of hydrogen-bond acceptors (Lipinski definition) is 5. The van der Waals surface area contributed by atoms with E-state index < -0.39 is 0 Å². The first kappa shape index (κ1) is 34.0. The fourth-order valence-electron chi connectivity index (χ4n) is 4.41. The van der Waals surface area contributed by atoms with Crippen molar-refractivity contribution in [3.05, 3.63) is 36.9 Å². The van der Waals surface area contributed by atoms with Crippen molar-refractivity contribution in [2.24, 2.45) is 0 Å². The van der Waals surface area contributed by atoms with Crippen molar-refractivity contribution >= 4 is 5.97 Å². The van der Waals surface area contributed by atoms with Gasteiger partial charge in [-0.2, -0.15) is 0 Å². The summed E-state index contributed by atoms with van der Waals surface area (Å²) < 4.78 is 17.4. The Balaban J connectivity index is 2.17. The second-order valence-corrected chi connectivity index (χ2v) is 10.7. The van der Waals surface area contributed by atoms with Gasteiger partial charge in [-0.15, -0.1) is 0 Å². The minimum Gasteiger partial charge on any atom is -0.486 e. The Bertz CT molecular complexity index is 706. The van der Waals surface area contributed by atoms with E-state index in [0.29, 0.717) is 37.1 Å². The van der Waals surface area contributed by atoms with Crippen molar-refractivity contribution < 1.29 is 19.0 Å². The van der Waals surface area contributed by atoms with E-state index in [-0.39, 0.29) is 18.7 Å². The van der Waals surface area contributed by atoms with Crippen LogP contribution in [-0.4, -0.2) is 37.9 Å². The van der Waals surface area contributed by atoms with E-state index in [9.17, 15) is 4.79 Å². The lowest BCUT2D eigenvalue weighted by molar-refractivity contribution is -0.150. The summed E-state index contributed by atoms with van der Waals surface area (Å²) >= 11 is 0. The van der Waals surface area contributed by atoms with E-state index in [1.54, 1.807) is 6.08 Å². The van der Waals surface area contributed by atoms with Crippen LogP contribution < -0.4 is 14.8 Å². The van der Waals surface area contributed by atoms with Crippen molar-refractivity contribution in [2.75, 3.05) is 19.8 Å². The van der Waals surface area contributed by atoms with E-state index >= 15 is 0 Å². The highest BCUT2D eigenvalue weighted by atomic mass is 16.6. The van der Waals surface area contributed by atoms with Crippen LogP contribution in [0, 0.1) is 0 Å². The molecule has 1 aromatic rings. The molecule has 0 spiro atoms. The molecule has 0 bridgehead atoms. The zero-order valence-corrected chi connectivity index (χ0v) is 24.8. The summed E-state index contributed by atoms with van der Waals surface area (Å²) in [7, 11) is 0. The maximum atomic E-state index is 12.5. The van der Waals surface area contributed by atoms with Gasteiger partial charge in [-0.1, -0.05) is 135 Å². The lowest BCUT2D eigenvalue weighted by Gasteiger charge is -2.21. The Morgan fingerprint density at radius 2 is 1.32 bits per heavy atom. The summed E-state index contributed by atoms with van der Waals surface area (Å²) in [5, 5.41) is 3.36. The third kappa shape index (κ3) is 19.1. The summed E-state index contributed by atoms with van der Waals surface area (Å²) in [6.45, 7) is 11.4. The van der Waals surface area contributed by atoms with Crippen molar-refractivity contribution in [3.8, 4) is 11.5 Å². The second-order valence-electron chi connectivity index (χ2n) is 10.7. The molecule has 0 radical (unpaired) electrons. The summed E-state index contributed by atoms with van der Waals surface area (Å²) in [6.07, 6.45) is 21.5. The SMILES string of the molecule is C=CCOc1ccccc1OCC(CNC(C)C)OC(=O)CCCCCCCCCCCCCCCCC. The maximum Gasteiger partial charge on any atom is 0.306 e. The molecular weight excluding hydrogens is 474 g/mol. The number of para-hydroxylation sites is 2. The Hall–Kier alpha value is -2.01. The highest BCUT2D eigenvalue weighted by Crippen LogP contribution is 2.26. The molecule has 0 aliphatic carbocycles. The van der Waals surface area contributed by atoms with Crippen LogP contribution in [0.25, 0.3) is 0 Å². The first-order chi connectivity index (χ1) is 18.6. The van der Waals surface area contributed by atoms with Crippen LogP contribution in [0.2, 0.25) is 0 Å². The monoisotopic (exact) mass is 531 g/mol. The van der Waals surface area contributed by atoms with Gasteiger partial charge in [0.1, 0.15) is 19.3 Å². The average Bonchev–Trinajstić information content (AvgIpc) is 2.91. The molecule has 1 N–H and O–H groups in total. The van der Waals surface area contributed by atoms with Crippen LogP contribution in [0.5, 0.6) is 11.5 Å². The van der Waals surface area contributed by atoms with Crippen molar-refractivity contribution in [3.63, 3.8) is 0 Å². The minimum absolute atomic E-state index is 0.143. The summed E-state index contributed by atoms with van der Waals surface area (Å²) in [5.74, 6) is 1.16. The van der Waals surface area contributed by atoms with Crippen molar-refractivity contribution in [2.45, 2.75) is 136 Å². The van der Waals surface area contributed by atoms with Crippen LogP contribution in [0.1, 0.15) is 124 Å². The Morgan fingerprint density at radius 3 is 1.82 bits per heavy atom. The quantitative estimate of drug-likeness (QED) is 0.0735. The topological polar surface area (TPSA) is 56.8 Å². The van der Waals surface area contributed by atoms with Gasteiger partial charge in [-0.05, 0) is 18.6 Å². The van der Waals surface area contributed by atoms with Gasteiger partial charge in [0.05, 0.1) is 0 Å². The number of nitrogens with one attached hydrogen (secondary N) is 1. The summed E-state index contributed by atoms with van der Waals surface area (Å²) in [4.78, 5) is 12.5. The van der Waals surface area contributed by atoms with Crippen LogP contribution in [0.4, 0.5) is 0 Å². The summed E-state index contributed by atoms with van der Waals surface area (Å²) in [6, 6.07) is 7.83. The molecule has 1 rings (SSSR count). The van der Waals surface area contributed by atoms with Gasteiger partial charge >= 0.3 is 5.97 Å².